The van der Waals surface area contributed by atoms with Crippen molar-refractivity contribution in [2.75, 3.05) is 6.61 Å². The van der Waals surface area contributed by atoms with Crippen LogP contribution >= 0.6 is 0 Å². The van der Waals surface area contributed by atoms with Crippen LogP contribution in [0.25, 0.3) is 0 Å². The normalized spacial score (nSPS) is 13.5. The van der Waals surface area contributed by atoms with E-state index in [1.54, 1.807) is 13.0 Å². The molecular weight excluding hydrogens is 240 g/mol. The lowest BCUT2D eigenvalue weighted by Crippen LogP contribution is -2.31. The number of halogens is 2. The molecule has 0 aliphatic rings. The molecule has 0 heterocycles. The van der Waals surface area contributed by atoms with Crippen LogP contribution in [0, 0.1) is 28.4 Å². The second-order valence-corrected chi connectivity index (χ2v) is 4.05. The van der Waals surface area contributed by atoms with Gasteiger partial charge in [0, 0.05) is 6.42 Å². The molecule has 18 heavy (non-hydrogen) atoms. The average Bonchev–Trinajstić information content (AvgIpc) is 2.35. The molecule has 0 saturated heterocycles. The number of hydrogen-bond acceptors (Lipinski definition) is 3. The summed E-state index contributed by atoms with van der Waals surface area (Å²) in [4.78, 5) is 11.6. The molecule has 0 N–H and O–H groups in total. The Morgan fingerprint density at radius 3 is 2.72 bits per heavy atom. The molecule has 0 fully saturated rings. The van der Waals surface area contributed by atoms with Crippen molar-refractivity contribution in [2.24, 2.45) is 5.41 Å². The summed E-state index contributed by atoms with van der Waals surface area (Å²) in [6, 6.07) is 5.44. The summed E-state index contributed by atoms with van der Waals surface area (Å²) in [5, 5.41) is 9.04. The van der Waals surface area contributed by atoms with Gasteiger partial charge in [-0.1, -0.05) is 12.1 Å². The Kier molecular flexibility index (Phi) is 4.38. The zero-order chi connectivity index (χ0) is 13.8. The molecule has 1 atom stereocenters. The fourth-order valence-electron chi connectivity index (χ4n) is 1.51. The summed E-state index contributed by atoms with van der Waals surface area (Å²) >= 11 is 0. The van der Waals surface area contributed by atoms with Gasteiger partial charge in [-0.3, -0.25) is 4.79 Å². The van der Waals surface area contributed by atoms with E-state index in [0.29, 0.717) is 0 Å². The van der Waals surface area contributed by atoms with Gasteiger partial charge in [0.25, 0.3) is 0 Å². The van der Waals surface area contributed by atoms with Gasteiger partial charge in [-0.2, -0.15) is 5.26 Å². The fraction of sp³-hybridized carbons (Fsp3) is 0.385. The SMILES string of the molecule is CCOC(=O)C(C)(C#N)Cc1cccc(F)c1F. The molecule has 96 valence electrons. The van der Waals surface area contributed by atoms with Gasteiger partial charge < -0.3 is 4.74 Å². The third kappa shape index (κ3) is 2.83. The summed E-state index contributed by atoms with van der Waals surface area (Å²) in [7, 11) is 0. The van der Waals surface area contributed by atoms with Gasteiger partial charge in [0.2, 0.25) is 0 Å². The zero-order valence-electron chi connectivity index (χ0n) is 10.2. The van der Waals surface area contributed by atoms with Crippen LogP contribution in [0.1, 0.15) is 19.4 Å². The first-order chi connectivity index (χ1) is 8.44. The van der Waals surface area contributed by atoms with Crippen molar-refractivity contribution in [1.29, 1.82) is 5.26 Å². The Balaban J connectivity index is 3.03. The van der Waals surface area contributed by atoms with E-state index in [-0.39, 0.29) is 18.6 Å². The number of benzene rings is 1. The van der Waals surface area contributed by atoms with E-state index < -0.39 is 23.0 Å². The molecule has 3 nitrogen and oxygen atoms in total. The highest BCUT2D eigenvalue weighted by Crippen LogP contribution is 2.25. The topological polar surface area (TPSA) is 50.1 Å². The number of hydrogen-bond donors (Lipinski definition) is 0. The van der Waals surface area contributed by atoms with Crippen molar-refractivity contribution < 1.29 is 18.3 Å². The second-order valence-electron chi connectivity index (χ2n) is 4.05. The lowest BCUT2D eigenvalue weighted by molar-refractivity contribution is -0.151. The van der Waals surface area contributed by atoms with Gasteiger partial charge in [-0.15, -0.1) is 0 Å². The number of nitrogens with zero attached hydrogens (tertiary/aromatic N) is 1. The molecule has 0 aliphatic carbocycles. The molecule has 1 aromatic carbocycles. The van der Waals surface area contributed by atoms with Gasteiger partial charge in [0.05, 0.1) is 12.7 Å². The maximum Gasteiger partial charge on any atom is 0.326 e. The predicted molar refractivity (Wildman–Crippen MR) is 60.4 cm³/mol. The Labute approximate surface area is 104 Å². The maximum atomic E-state index is 13.5. The van der Waals surface area contributed by atoms with Gasteiger partial charge in [0.15, 0.2) is 17.0 Å². The molecule has 0 amide bonds. The smallest absolute Gasteiger partial charge is 0.326 e. The Bertz CT molecular complexity index is 496. The molecule has 0 radical (unpaired) electrons. The van der Waals surface area contributed by atoms with E-state index in [1.807, 2.05) is 0 Å². The van der Waals surface area contributed by atoms with E-state index in [0.717, 1.165) is 6.07 Å². The molecule has 1 rings (SSSR count). The monoisotopic (exact) mass is 253 g/mol. The van der Waals surface area contributed by atoms with Crippen LogP contribution in [-0.4, -0.2) is 12.6 Å². The number of rotatable bonds is 4. The molecule has 0 spiro atoms. The quantitative estimate of drug-likeness (QED) is 0.775. The molecule has 0 bridgehead atoms. The molecule has 1 aromatic rings. The summed E-state index contributed by atoms with van der Waals surface area (Å²) in [6.45, 7) is 3.08. The van der Waals surface area contributed by atoms with Crippen LogP contribution in [0.3, 0.4) is 0 Å². The summed E-state index contributed by atoms with van der Waals surface area (Å²) in [5.41, 5.74) is -1.54. The van der Waals surface area contributed by atoms with Crippen molar-refractivity contribution in [3.05, 3.63) is 35.4 Å². The Morgan fingerprint density at radius 1 is 1.50 bits per heavy atom. The van der Waals surface area contributed by atoms with Crippen LogP contribution in [0.5, 0.6) is 0 Å². The van der Waals surface area contributed by atoms with E-state index in [4.69, 9.17) is 10.00 Å². The zero-order valence-corrected chi connectivity index (χ0v) is 10.2. The second kappa shape index (κ2) is 5.58. The summed E-state index contributed by atoms with van der Waals surface area (Å²) < 4.78 is 31.3. The fourth-order valence-corrected chi connectivity index (χ4v) is 1.51. The minimum Gasteiger partial charge on any atom is -0.465 e. The molecule has 5 heteroatoms. The number of esters is 1. The third-order valence-corrected chi connectivity index (χ3v) is 2.55. The Hall–Kier alpha value is -1.96. The molecule has 0 aliphatic heterocycles. The highest BCUT2D eigenvalue weighted by molar-refractivity contribution is 5.80. The van der Waals surface area contributed by atoms with Crippen LogP contribution in [0.15, 0.2) is 18.2 Å². The van der Waals surface area contributed by atoms with Gasteiger partial charge in [0.1, 0.15) is 0 Å². The Morgan fingerprint density at radius 2 is 2.17 bits per heavy atom. The standard InChI is InChI=1S/C13H13F2NO2/c1-3-18-12(17)13(2,8-16)7-9-5-4-6-10(14)11(9)15/h4-6H,3,7H2,1-2H3. The van der Waals surface area contributed by atoms with Crippen molar-refractivity contribution in [2.45, 2.75) is 20.3 Å². The van der Waals surface area contributed by atoms with Crippen molar-refractivity contribution >= 4 is 5.97 Å². The van der Waals surface area contributed by atoms with Crippen LogP contribution < -0.4 is 0 Å². The molecule has 0 saturated carbocycles. The first kappa shape index (κ1) is 14.1. The van der Waals surface area contributed by atoms with Gasteiger partial charge in [-0.25, -0.2) is 8.78 Å². The number of nitriles is 1. The maximum absolute atomic E-state index is 13.5. The largest absolute Gasteiger partial charge is 0.465 e. The van der Waals surface area contributed by atoms with E-state index in [1.165, 1.54) is 19.1 Å². The van der Waals surface area contributed by atoms with Crippen LogP contribution in [0.2, 0.25) is 0 Å². The van der Waals surface area contributed by atoms with E-state index in [2.05, 4.69) is 0 Å². The average molecular weight is 253 g/mol. The van der Waals surface area contributed by atoms with Gasteiger partial charge in [-0.05, 0) is 25.5 Å². The van der Waals surface area contributed by atoms with Crippen molar-refractivity contribution in [3.8, 4) is 6.07 Å². The van der Waals surface area contributed by atoms with E-state index in [9.17, 15) is 13.6 Å². The first-order valence-corrected chi connectivity index (χ1v) is 5.46. The number of carbonyl (C=O) groups excluding carboxylic acids is 1. The number of carbonyl (C=O) groups is 1. The lowest BCUT2D eigenvalue weighted by atomic mass is 9.85. The highest BCUT2D eigenvalue weighted by atomic mass is 19.2. The lowest BCUT2D eigenvalue weighted by Gasteiger charge is -2.19. The minimum absolute atomic E-state index is 0.0212. The number of ether oxygens (including phenoxy) is 1. The van der Waals surface area contributed by atoms with Crippen molar-refractivity contribution in [3.63, 3.8) is 0 Å². The minimum atomic E-state index is -1.52. The molecule has 0 aromatic heterocycles. The van der Waals surface area contributed by atoms with Crippen molar-refractivity contribution in [1.82, 2.24) is 0 Å². The molecule has 1 unspecified atom stereocenters. The predicted octanol–water partition coefficient (Wildman–Crippen LogP) is 2.60. The van der Waals surface area contributed by atoms with Crippen LogP contribution in [-0.2, 0) is 16.0 Å². The first-order valence-electron chi connectivity index (χ1n) is 5.46. The van der Waals surface area contributed by atoms with Gasteiger partial charge >= 0.3 is 5.97 Å². The summed E-state index contributed by atoms with van der Waals surface area (Å²) in [5.74, 6) is -2.78. The summed E-state index contributed by atoms with van der Waals surface area (Å²) in [6.07, 6.45) is -0.230. The highest BCUT2D eigenvalue weighted by Gasteiger charge is 2.36. The van der Waals surface area contributed by atoms with Crippen LogP contribution in [0.4, 0.5) is 8.78 Å². The third-order valence-electron chi connectivity index (χ3n) is 2.55. The van der Waals surface area contributed by atoms with E-state index >= 15 is 0 Å². The molecular formula is C13H13F2NO2.